The summed E-state index contributed by atoms with van der Waals surface area (Å²) >= 11 is 0. The van der Waals surface area contributed by atoms with Gasteiger partial charge in [-0.1, -0.05) is 97.9 Å². The average molecular weight is 346 g/mol. The van der Waals surface area contributed by atoms with Gasteiger partial charge in [0.25, 0.3) is 0 Å². The summed E-state index contributed by atoms with van der Waals surface area (Å²) in [6.45, 7) is 2.64. The van der Waals surface area contributed by atoms with Gasteiger partial charge in [-0.2, -0.15) is 0 Å². The van der Waals surface area contributed by atoms with Gasteiger partial charge in [-0.25, -0.2) is 0 Å². The van der Waals surface area contributed by atoms with E-state index in [1.54, 1.807) is 7.11 Å². The van der Waals surface area contributed by atoms with Crippen LogP contribution in [0.25, 0.3) is 0 Å². The van der Waals surface area contributed by atoms with Crippen molar-refractivity contribution < 1.29 is 9.47 Å². The molecular formula is C24H26O2. The summed E-state index contributed by atoms with van der Waals surface area (Å²) < 4.78 is 12.3. The standard InChI is InChI=1S/C24H26O2/c1-3-23(25-2)19-26-24(20-13-7-4-8-14-20,21-15-9-5-10-16-21)22-17-11-6-12-18-22/h4-18,23H,3,19H2,1-2H3. The molecule has 0 radical (unpaired) electrons. The second kappa shape index (κ2) is 8.79. The number of hydrogen-bond acceptors (Lipinski definition) is 2. The molecule has 0 aliphatic carbocycles. The zero-order valence-corrected chi connectivity index (χ0v) is 15.5. The molecule has 26 heavy (non-hydrogen) atoms. The normalized spacial score (nSPS) is 12.7. The highest BCUT2D eigenvalue weighted by molar-refractivity contribution is 5.47. The monoisotopic (exact) mass is 346 g/mol. The van der Waals surface area contributed by atoms with Crippen molar-refractivity contribution in [1.29, 1.82) is 0 Å². The van der Waals surface area contributed by atoms with E-state index in [0.29, 0.717) is 6.61 Å². The summed E-state index contributed by atoms with van der Waals surface area (Å²) in [5.74, 6) is 0. The van der Waals surface area contributed by atoms with Crippen LogP contribution in [0.2, 0.25) is 0 Å². The third-order valence-corrected chi connectivity index (χ3v) is 4.82. The number of hydrogen-bond donors (Lipinski definition) is 0. The Kier molecular flexibility index (Phi) is 6.21. The number of ether oxygens (including phenoxy) is 2. The largest absolute Gasteiger partial charge is 0.379 e. The van der Waals surface area contributed by atoms with Crippen LogP contribution in [0.5, 0.6) is 0 Å². The van der Waals surface area contributed by atoms with E-state index in [2.05, 4.69) is 79.7 Å². The van der Waals surface area contributed by atoms with Crippen LogP contribution in [0, 0.1) is 0 Å². The minimum Gasteiger partial charge on any atom is -0.379 e. The Bertz CT molecular complexity index is 668. The smallest absolute Gasteiger partial charge is 0.143 e. The molecule has 0 aliphatic heterocycles. The quantitative estimate of drug-likeness (QED) is 0.507. The summed E-state index contributed by atoms with van der Waals surface area (Å²) in [6, 6.07) is 31.3. The summed E-state index contributed by atoms with van der Waals surface area (Å²) in [5.41, 5.74) is 2.67. The molecule has 3 rings (SSSR count). The van der Waals surface area contributed by atoms with Gasteiger partial charge in [-0.3, -0.25) is 0 Å². The molecule has 3 aromatic carbocycles. The molecule has 0 spiro atoms. The maximum absolute atomic E-state index is 6.71. The molecular weight excluding hydrogens is 320 g/mol. The second-order valence-electron chi connectivity index (χ2n) is 6.36. The van der Waals surface area contributed by atoms with Crippen LogP contribution in [-0.4, -0.2) is 19.8 Å². The highest BCUT2D eigenvalue weighted by Gasteiger charge is 2.37. The number of benzene rings is 3. The Hall–Kier alpha value is -2.42. The van der Waals surface area contributed by atoms with Crippen LogP contribution >= 0.6 is 0 Å². The molecule has 0 bridgehead atoms. The first-order valence-corrected chi connectivity index (χ1v) is 9.14. The van der Waals surface area contributed by atoms with E-state index in [4.69, 9.17) is 9.47 Å². The van der Waals surface area contributed by atoms with Crippen molar-refractivity contribution in [3.63, 3.8) is 0 Å². The SMILES string of the molecule is CCC(COC(c1ccccc1)(c1ccccc1)c1ccccc1)OC. The van der Waals surface area contributed by atoms with Gasteiger partial charge >= 0.3 is 0 Å². The van der Waals surface area contributed by atoms with Crippen LogP contribution in [-0.2, 0) is 15.1 Å². The first-order valence-electron chi connectivity index (χ1n) is 9.14. The molecule has 0 aliphatic rings. The lowest BCUT2D eigenvalue weighted by Crippen LogP contribution is -2.36. The molecule has 2 heteroatoms. The maximum Gasteiger partial charge on any atom is 0.143 e. The van der Waals surface area contributed by atoms with Gasteiger partial charge in [0.1, 0.15) is 5.60 Å². The lowest BCUT2D eigenvalue weighted by atomic mass is 9.80. The molecule has 0 N–H and O–H groups in total. The highest BCUT2D eigenvalue weighted by Crippen LogP contribution is 2.40. The Morgan fingerprint density at radius 3 is 1.38 bits per heavy atom. The van der Waals surface area contributed by atoms with Crippen molar-refractivity contribution in [2.24, 2.45) is 0 Å². The first kappa shape index (κ1) is 18.4. The third kappa shape index (κ3) is 3.72. The summed E-state index contributed by atoms with van der Waals surface area (Å²) in [5, 5.41) is 0. The fourth-order valence-corrected chi connectivity index (χ4v) is 3.34. The van der Waals surface area contributed by atoms with Gasteiger partial charge in [0.05, 0.1) is 12.7 Å². The minimum atomic E-state index is -0.671. The summed E-state index contributed by atoms with van der Waals surface area (Å²) in [7, 11) is 1.74. The van der Waals surface area contributed by atoms with Gasteiger partial charge < -0.3 is 9.47 Å². The zero-order chi connectivity index (χ0) is 18.2. The van der Waals surface area contributed by atoms with Gasteiger partial charge in [0.2, 0.25) is 0 Å². The molecule has 1 unspecified atom stereocenters. The fourth-order valence-electron chi connectivity index (χ4n) is 3.34. The van der Waals surface area contributed by atoms with E-state index in [1.807, 2.05) is 18.2 Å². The Labute approximate surface area is 156 Å². The molecule has 3 aromatic rings. The summed E-state index contributed by atoms with van der Waals surface area (Å²) in [4.78, 5) is 0. The van der Waals surface area contributed by atoms with Gasteiger partial charge in [-0.15, -0.1) is 0 Å². The van der Waals surface area contributed by atoms with Crippen LogP contribution in [0.3, 0.4) is 0 Å². The maximum atomic E-state index is 6.71. The van der Waals surface area contributed by atoms with Crippen molar-refractivity contribution >= 4 is 0 Å². The van der Waals surface area contributed by atoms with Crippen molar-refractivity contribution in [3.8, 4) is 0 Å². The fraction of sp³-hybridized carbons (Fsp3) is 0.250. The lowest BCUT2D eigenvalue weighted by Gasteiger charge is -2.37. The van der Waals surface area contributed by atoms with E-state index in [0.717, 1.165) is 23.1 Å². The Morgan fingerprint density at radius 1 is 0.692 bits per heavy atom. The molecule has 134 valence electrons. The first-order chi connectivity index (χ1) is 12.8. The predicted molar refractivity (Wildman–Crippen MR) is 106 cm³/mol. The van der Waals surface area contributed by atoms with E-state index in [9.17, 15) is 0 Å². The number of methoxy groups -OCH3 is 1. The highest BCUT2D eigenvalue weighted by atomic mass is 16.5. The van der Waals surface area contributed by atoms with E-state index < -0.39 is 5.60 Å². The van der Waals surface area contributed by atoms with Crippen molar-refractivity contribution in [2.45, 2.75) is 25.0 Å². The van der Waals surface area contributed by atoms with Gasteiger partial charge in [0.15, 0.2) is 0 Å². The van der Waals surface area contributed by atoms with Crippen molar-refractivity contribution in [1.82, 2.24) is 0 Å². The van der Waals surface area contributed by atoms with Crippen molar-refractivity contribution in [2.75, 3.05) is 13.7 Å². The molecule has 0 saturated carbocycles. The molecule has 1 atom stereocenters. The predicted octanol–water partition coefficient (Wildman–Crippen LogP) is 5.42. The molecule has 0 heterocycles. The van der Waals surface area contributed by atoms with Crippen LogP contribution in [0.1, 0.15) is 30.0 Å². The van der Waals surface area contributed by atoms with Crippen molar-refractivity contribution in [3.05, 3.63) is 108 Å². The number of rotatable bonds is 8. The molecule has 2 nitrogen and oxygen atoms in total. The molecule has 0 fully saturated rings. The van der Waals surface area contributed by atoms with Crippen LogP contribution in [0.15, 0.2) is 91.0 Å². The second-order valence-corrected chi connectivity index (χ2v) is 6.36. The van der Waals surface area contributed by atoms with E-state index in [-0.39, 0.29) is 6.10 Å². The van der Waals surface area contributed by atoms with Gasteiger partial charge in [0, 0.05) is 7.11 Å². The Morgan fingerprint density at radius 2 is 1.08 bits per heavy atom. The molecule has 0 amide bonds. The zero-order valence-electron chi connectivity index (χ0n) is 15.5. The van der Waals surface area contributed by atoms with Crippen LogP contribution < -0.4 is 0 Å². The van der Waals surface area contributed by atoms with Gasteiger partial charge in [-0.05, 0) is 23.1 Å². The lowest BCUT2D eigenvalue weighted by molar-refractivity contribution is -0.0523. The molecule has 0 aromatic heterocycles. The Balaban J connectivity index is 2.18. The minimum absolute atomic E-state index is 0.0607. The third-order valence-electron chi connectivity index (χ3n) is 4.82. The summed E-state index contributed by atoms with van der Waals surface area (Å²) in [6.07, 6.45) is 0.968. The average Bonchev–Trinajstić information content (AvgIpc) is 2.74. The van der Waals surface area contributed by atoms with E-state index in [1.165, 1.54) is 0 Å². The topological polar surface area (TPSA) is 18.5 Å². The van der Waals surface area contributed by atoms with Crippen LogP contribution in [0.4, 0.5) is 0 Å². The molecule has 0 saturated heterocycles. The van der Waals surface area contributed by atoms with E-state index >= 15 is 0 Å².